The van der Waals surface area contributed by atoms with E-state index in [1.807, 2.05) is 19.9 Å². The summed E-state index contributed by atoms with van der Waals surface area (Å²) in [5.41, 5.74) is 0.663. The lowest BCUT2D eigenvalue weighted by Gasteiger charge is -2.19. The third-order valence-corrected chi connectivity index (χ3v) is 5.00. The summed E-state index contributed by atoms with van der Waals surface area (Å²) in [7, 11) is -3.50. The molecule has 1 atom stereocenters. The quantitative estimate of drug-likeness (QED) is 0.689. The number of nitriles is 1. The van der Waals surface area contributed by atoms with Gasteiger partial charge in [0.15, 0.2) is 0 Å². The minimum Gasteiger partial charge on any atom is -0.341 e. The first kappa shape index (κ1) is 20.5. The molecule has 2 aromatic rings. The molecule has 2 amide bonds. The molecule has 9 heteroatoms. The van der Waals surface area contributed by atoms with Crippen LogP contribution in [0, 0.1) is 17.2 Å². The fraction of sp³-hybridized carbons (Fsp3) is 0.389. The summed E-state index contributed by atoms with van der Waals surface area (Å²) in [5, 5.41) is 14.2. The molecule has 0 fully saturated rings. The number of fused-ring (bicyclic) bond motifs is 1. The van der Waals surface area contributed by atoms with E-state index in [1.165, 1.54) is 6.20 Å². The van der Waals surface area contributed by atoms with Crippen molar-refractivity contribution in [3.8, 4) is 6.07 Å². The average molecular weight is 390 g/mol. The first-order valence-electron chi connectivity index (χ1n) is 8.41. The lowest BCUT2D eigenvalue weighted by molar-refractivity contribution is -0.123. The van der Waals surface area contributed by atoms with Gasteiger partial charge in [0.1, 0.15) is 12.6 Å². The molecule has 2 N–H and O–H groups in total. The van der Waals surface area contributed by atoms with Crippen molar-refractivity contribution in [3.05, 3.63) is 36.0 Å². The Balaban J connectivity index is 2.34. The fourth-order valence-corrected chi connectivity index (χ4v) is 3.62. The lowest BCUT2D eigenvalue weighted by Crippen LogP contribution is -2.47. The lowest BCUT2D eigenvalue weighted by atomic mass is 10.0. The third kappa shape index (κ3) is 4.86. The Morgan fingerprint density at radius 2 is 1.96 bits per heavy atom. The van der Waals surface area contributed by atoms with Gasteiger partial charge in [-0.05, 0) is 30.5 Å². The number of amides is 2. The van der Waals surface area contributed by atoms with E-state index in [0.29, 0.717) is 17.3 Å². The average Bonchev–Trinajstić information content (AvgIpc) is 3.02. The number of carbonyl (C=O) groups excluding carboxylic acids is 2. The van der Waals surface area contributed by atoms with Gasteiger partial charge in [-0.2, -0.15) is 5.26 Å². The number of benzene rings is 1. The number of hydrogen-bond donors (Lipinski definition) is 2. The number of rotatable bonds is 7. The van der Waals surface area contributed by atoms with Gasteiger partial charge in [-0.3, -0.25) is 9.59 Å². The van der Waals surface area contributed by atoms with Crippen molar-refractivity contribution in [2.45, 2.75) is 26.3 Å². The highest BCUT2D eigenvalue weighted by atomic mass is 32.2. The van der Waals surface area contributed by atoms with Gasteiger partial charge in [-0.25, -0.2) is 12.4 Å². The molecule has 1 unspecified atom stereocenters. The van der Waals surface area contributed by atoms with Gasteiger partial charge < -0.3 is 10.6 Å². The zero-order chi connectivity index (χ0) is 20.2. The van der Waals surface area contributed by atoms with Crippen LogP contribution in [0.15, 0.2) is 30.5 Å². The topological polar surface area (TPSA) is 121 Å². The maximum absolute atomic E-state index is 12.8. The Morgan fingerprint density at radius 3 is 2.56 bits per heavy atom. The van der Waals surface area contributed by atoms with Gasteiger partial charge in [-0.15, -0.1) is 0 Å². The van der Waals surface area contributed by atoms with Gasteiger partial charge in [-0.1, -0.05) is 19.9 Å². The standard InChI is InChI=1S/C18H22N4O4S/c1-12(2)11-15(18(24)20-9-8-19)21-17(23)14-5-4-6-16-13(14)7-10-22(16)27(3,25)26/h4-7,10,12,15H,9,11H2,1-3H3,(H,20,24)(H,21,23). The van der Waals surface area contributed by atoms with Crippen molar-refractivity contribution >= 4 is 32.7 Å². The Morgan fingerprint density at radius 1 is 1.26 bits per heavy atom. The molecule has 0 radical (unpaired) electrons. The first-order chi connectivity index (χ1) is 12.6. The van der Waals surface area contributed by atoms with Crippen LogP contribution in [0.2, 0.25) is 0 Å². The van der Waals surface area contributed by atoms with Gasteiger partial charge in [0.05, 0.1) is 17.8 Å². The fourth-order valence-electron chi connectivity index (χ4n) is 2.82. The smallest absolute Gasteiger partial charge is 0.252 e. The van der Waals surface area contributed by atoms with E-state index in [4.69, 9.17) is 5.26 Å². The van der Waals surface area contributed by atoms with E-state index in [-0.39, 0.29) is 18.0 Å². The Bertz CT molecular complexity index is 1000. The second-order valence-corrected chi connectivity index (χ2v) is 8.50. The Labute approximate surface area is 158 Å². The summed E-state index contributed by atoms with van der Waals surface area (Å²) in [6.45, 7) is 3.70. The predicted molar refractivity (Wildman–Crippen MR) is 102 cm³/mol. The van der Waals surface area contributed by atoms with Crippen LogP contribution in [0.4, 0.5) is 0 Å². The van der Waals surface area contributed by atoms with E-state index in [0.717, 1.165) is 10.2 Å². The van der Waals surface area contributed by atoms with Gasteiger partial charge >= 0.3 is 0 Å². The summed E-state index contributed by atoms with van der Waals surface area (Å²) >= 11 is 0. The van der Waals surface area contributed by atoms with Crippen LogP contribution in [0.5, 0.6) is 0 Å². The molecular weight excluding hydrogens is 368 g/mol. The molecule has 1 heterocycles. The predicted octanol–water partition coefficient (Wildman–Crippen LogP) is 1.23. The molecule has 0 saturated heterocycles. The molecule has 0 spiro atoms. The molecule has 27 heavy (non-hydrogen) atoms. The van der Waals surface area contributed by atoms with Crippen LogP contribution in [0.3, 0.4) is 0 Å². The number of nitrogens with zero attached hydrogens (tertiary/aromatic N) is 2. The SMILES string of the molecule is CC(C)CC(NC(=O)c1cccc2c1ccn2S(C)(=O)=O)C(=O)NCC#N. The van der Waals surface area contributed by atoms with Crippen molar-refractivity contribution in [1.82, 2.24) is 14.6 Å². The molecule has 0 aliphatic rings. The van der Waals surface area contributed by atoms with Crippen LogP contribution in [-0.4, -0.2) is 43.0 Å². The zero-order valence-corrected chi connectivity index (χ0v) is 16.2. The molecule has 1 aromatic carbocycles. The van der Waals surface area contributed by atoms with E-state index in [9.17, 15) is 18.0 Å². The summed E-state index contributed by atoms with van der Waals surface area (Å²) in [5.74, 6) is -0.769. The molecule has 0 aliphatic carbocycles. The monoisotopic (exact) mass is 390 g/mol. The maximum Gasteiger partial charge on any atom is 0.252 e. The van der Waals surface area contributed by atoms with Crippen molar-refractivity contribution in [3.63, 3.8) is 0 Å². The molecule has 0 saturated carbocycles. The van der Waals surface area contributed by atoms with E-state index in [1.54, 1.807) is 24.3 Å². The maximum atomic E-state index is 12.8. The minimum atomic E-state index is -3.50. The van der Waals surface area contributed by atoms with Gasteiger partial charge in [0, 0.05) is 17.1 Å². The highest BCUT2D eigenvalue weighted by Crippen LogP contribution is 2.22. The minimum absolute atomic E-state index is 0.143. The third-order valence-electron chi connectivity index (χ3n) is 3.97. The largest absolute Gasteiger partial charge is 0.341 e. The highest BCUT2D eigenvalue weighted by Gasteiger charge is 2.24. The Kier molecular flexibility index (Phi) is 6.23. The van der Waals surface area contributed by atoms with Crippen LogP contribution in [0.25, 0.3) is 10.9 Å². The highest BCUT2D eigenvalue weighted by molar-refractivity contribution is 7.89. The Hall–Kier alpha value is -2.86. The summed E-state index contributed by atoms with van der Waals surface area (Å²) in [6, 6.07) is 7.36. The second kappa shape index (κ2) is 8.22. The van der Waals surface area contributed by atoms with Crippen LogP contribution in [0.1, 0.15) is 30.6 Å². The van der Waals surface area contributed by atoms with Crippen LogP contribution < -0.4 is 10.6 Å². The summed E-state index contributed by atoms with van der Waals surface area (Å²) in [6.07, 6.45) is 2.88. The molecule has 0 aliphatic heterocycles. The van der Waals surface area contributed by atoms with Crippen molar-refractivity contribution in [2.24, 2.45) is 5.92 Å². The number of carbonyl (C=O) groups is 2. The van der Waals surface area contributed by atoms with Crippen LogP contribution >= 0.6 is 0 Å². The van der Waals surface area contributed by atoms with E-state index in [2.05, 4.69) is 10.6 Å². The van der Waals surface area contributed by atoms with Crippen molar-refractivity contribution < 1.29 is 18.0 Å². The molecule has 1 aromatic heterocycles. The van der Waals surface area contributed by atoms with E-state index >= 15 is 0 Å². The molecule has 144 valence electrons. The van der Waals surface area contributed by atoms with Gasteiger partial charge in [0.2, 0.25) is 15.9 Å². The normalized spacial score (nSPS) is 12.6. The molecule has 2 rings (SSSR count). The van der Waals surface area contributed by atoms with E-state index < -0.39 is 27.9 Å². The molecule has 0 bridgehead atoms. The summed E-state index contributed by atoms with van der Waals surface area (Å²) < 4.78 is 24.8. The molecule has 8 nitrogen and oxygen atoms in total. The molecular formula is C18H22N4O4S. The zero-order valence-electron chi connectivity index (χ0n) is 15.4. The number of hydrogen-bond acceptors (Lipinski definition) is 5. The number of nitrogens with one attached hydrogen (secondary N) is 2. The second-order valence-electron chi connectivity index (χ2n) is 6.64. The van der Waals surface area contributed by atoms with Gasteiger partial charge in [0.25, 0.3) is 5.91 Å². The van der Waals surface area contributed by atoms with Crippen molar-refractivity contribution in [2.75, 3.05) is 12.8 Å². The van der Waals surface area contributed by atoms with Crippen molar-refractivity contribution in [1.29, 1.82) is 5.26 Å². The van der Waals surface area contributed by atoms with Crippen LogP contribution in [-0.2, 0) is 14.8 Å². The number of aromatic nitrogens is 1. The first-order valence-corrected chi connectivity index (χ1v) is 10.3. The summed E-state index contributed by atoms with van der Waals surface area (Å²) in [4.78, 5) is 25.0.